The van der Waals surface area contributed by atoms with Crippen LogP contribution < -0.4 is 16.0 Å². The molecule has 112 valence electrons. The van der Waals surface area contributed by atoms with Gasteiger partial charge in [-0.2, -0.15) is 15.0 Å². The van der Waals surface area contributed by atoms with Crippen molar-refractivity contribution in [2.75, 3.05) is 35.6 Å². The molecule has 0 aromatic carbocycles. The molecule has 2 unspecified atom stereocenters. The third kappa shape index (κ3) is 3.69. The van der Waals surface area contributed by atoms with Gasteiger partial charge in [-0.25, -0.2) is 0 Å². The number of hydrogen-bond acceptors (Lipinski definition) is 7. The molecule has 7 nitrogen and oxygen atoms in total. The molecule has 1 saturated carbocycles. The van der Waals surface area contributed by atoms with Gasteiger partial charge in [0.1, 0.15) is 0 Å². The fourth-order valence-electron chi connectivity index (χ4n) is 2.58. The van der Waals surface area contributed by atoms with Crippen LogP contribution in [0.1, 0.15) is 33.1 Å². The predicted octanol–water partition coefficient (Wildman–Crippen LogP) is 0.873. The highest BCUT2D eigenvalue weighted by Gasteiger charge is 2.22. The molecule has 4 N–H and O–H groups in total. The van der Waals surface area contributed by atoms with Gasteiger partial charge in [-0.3, -0.25) is 0 Å². The van der Waals surface area contributed by atoms with Crippen molar-refractivity contribution < 1.29 is 5.11 Å². The number of rotatable bonds is 6. The zero-order valence-electron chi connectivity index (χ0n) is 12.2. The molecule has 1 aliphatic carbocycles. The van der Waals surface area contributed by atoms with Gasteiger partial charge < -0.3 is 21.1 Å². The van der Waals surface area contributed by atoms with Crippen molar-refractivity contribution in [3.05, 3.63) is 0 Å². The van der Waals surface area contributed by atoms with E-state index in [-0.39, 0.29) is 12.1 Å². The molecule has 1 heterocycles. The molecule has 0 aliphatic heterocycles. The van der Waals surface area contributed by atoms with Crippen LogP contribution in [0.2, 0.25) is 0 Å². The molecule has 0 radical (unpaired) electrons. The summed E-state index contributed by atoms with van der Waals surface area (Å²) in [6.07, 6.45) is 2.61. The van der Waals surface area contributed by atoms with Crippen molar-refractivity contribution >= 4 is 17.8 Å². The summed E-state index contributed by atoms with van der Waals surface area (Å²) in [5.41, 5.74) is 5.74. The van der Waals surface area contributed by atoms with E-state index in [0.29, 0.717) is 17.8 Å². The van der Waals surface area contributed by atoms with Crippen LogP contribution in [0, 0.1) is 5.92 Å². The third-order valence-electron chi connectivity index (χ3n) is 3.75. The Labute approximate surface area is 119 Å². The van der Waals surface area contributed by atoms with Crippen LogP contribution in [-0.2, 0) is 0 Å². The SMILES string of the molecule is CCN(CC)c1nc(N)nc(NCC2CCC(O)C2)n1. The first-order valence-electron chi connectivity index (χ1n) is 7.30. The van der Waals surface area contributed by atoms with E-state index in [4.69, 9.17) is 5.73 Å². The van der Waals surface area contributed by atoms with Crippen molar-refractivity contribution in [1.29, 1.82) is 0 Å². The first-order chi connectivity index (χ1) is 9.62. The van der Waals surface area contributed by atoms with Crippen LogP contribution >= 0.6 is 0 Å². The molecule has 0 saturated heterocycles. The summed E-state index contributed by atoms with van der Waals surface area (Å²) in [6, 6.07) is 0. The topological polar surface area (TPSA) is 100 Å². The van der Waals surface area contributed by atoms with Crippen molar-refractivity contribution in [3.63, 3.8) is 0 Å². The second kappa shape index (κ2) is 6.69. The Balaban J connectivity index is 2.00. The monoisotopic (exact) mass is 280 g/mol. The molecule has 1 fully saturated rings. The standard InChI is InChI=1S/C13H24N6O/c1-3-19(4-2)13-17-11(14)16-12(18-13)15-8-9-5-6-10(20)7-9/h9-10,20H,3-8H2,1-2H3,(H3,14,15,16,17,18). The fourth-order valence-corrected chi connectivity index (χ4v) is 2.58. The van der Waals surface area contributed by atoms with E-state index in [1.54, 1.807) is 0 Å². The lowest BCUT2D eigenvalue weighted by Crippen LogP contribution is -2.25. The Morgan fingerprint density at radius 2 is 2.00 bits per heavy atom. The minimum absolute atomic E-state index is 0.156. The van der Waals surface area contributed by atoms with E-state index in [2.05, 4.69) is 34.1 Å². The van der Waals surface area contributed by atoms with E-state index in [9.17, 15) is 5.11 Å². The van der Waals surface area contributed by atoms with Crippen LogP contribution in [0.15, 0.2) is 0 Å². The van der Waals surface area contributed by atoms with Gasteiger partial charge in [0.15, 0.2) is 0 Å². The van der Waals surface area contributed by atoms with E-state index in [1.165, 1.54) is 0 Å². The molecule has 20 heavy (non-hydrogen) atoms. The molecule has 0 amide bonds. The number of aliphatic hydroxyl groups excluding tert-OH is 1. The number of aliphatic hydroxyl groups is 1. The Morgan fingerprint density at radius 3 is 2.60 bits per heavy atom. The zero-order valence-corrected chi connectivity index (χ0v) is 12.2. The summed E-state index contributed by atoms with van der Waals surface area (Å²) < 4.78 is 0. The second-order valence-electron chi connectivity index (χ2n) is 5.20. The van der Waals surface area contributed by atoms with Gasteiger partial charge in [0.05, 0.1) is 6.10 Å². The fraction of sp³-hybridized carbons (Fsp3) is 0.769. The number of nitrogen functional groups attached to an aromatic ring is 1. The predicted molar refractivity (Wildman–Crippen MR) is 79.6 cm³/mol. The summed E-state index contributed by atoms with van der Waals surface area (Å²) >= 11 is 0. The zero-order chi connectivity index (χ0) is 14.5. The second-order valence-corrected chi connectivity index (χ2v) is 5.20. The summed E-state index contributed by atoms with van der Waals surface area (Å²) in [7, 11) is 0. The number of aromatic nitrogens is 3. The summed E-state index contributed by atoms with van der Waals surface area (Å²) in [4.78, 5) is 14.7. The molecule has 2 rings (SSSR count). The highest BCUT2D eigenvalue weighted by atomic mass is 16.3. The van der Waals surface area contributed by atoms with E-state index < -0.39 is 0 Å². The molecular weight excluding hydrogens is 256 g/mol. The molecular formula is C13H24N6O. The Bertz CT molecular complexity index is 437. The minimum Gasteiger partial charge on any atom is -0.393 e. The van der Waals surface area contributed by atoms with Gasteiger partial charge in [0.25, 0.3) is 0 Å². The highest BCUT2D eigenvalue weighted by Crippen LogP contribution is 2.25. The molecule has 2 atom stereocenters. The number of nitrogens with two attached hydrogens (primary N) is 1. The van der Waals surface area contributed by atoms with Crippen LogP contribution in [0.5, 0.6) is 0 Å². The van der Waals surface area contributed by atoms with Crippen molar-refractivity contribution in [1.82, 2.24) is 15.0 Å². The van der Waals surface area contributed by atoms with Crippen molar-refractivity contribution in [3.8, 4) is 0 Å². The van der Waals surface area contributed by atoms with Crippen LogP contribution in [-0.4, -0.2) is 45.8 Å². The summed E-state index contributed by atoms with van der Waals surface area (Å²) in [5.74, 6) is 1.83. The lowest BCUT2D eigenvalue weighted by atomic mass is 10.1. The molecule has 0 bridgehead atoms. The van der Waals surface area contributed by atoms with Gasteiger partial charge in [0, 0.05) is 19.6 Å². The number of nitrogens with zero attached hydrogens (tertiary/aromatic N) is 4. The quantitative estimate of drug-likeness (QED) is 0.711. The molecule has 1 aromatic heterocycles. The van der Waals surface area contributed by atoms with E-state index >= 15 is 0 Å². The first-order valence-corrected chi connectivity index (χ1v) is 7.30. The summed E-state index contributed by atoms with van der Waals surface area (Å²) in [5, 5.41) is 12.7. The largest absolute Gasteiger partial charge is 0.393 e. The smallest absolute Gasteiger partial charge is 0.231 e. The van der Waals surface area contributed by atoms with Crippen LogP contribution in [0.25, 0.3) is 0 Å². The van der Waals surface area contributed by atoms with Crippen LogP contribution in [0.4, 0.5) is 17.8 Å². The molecule has 1 aliphatic rings. The van der Waals surface area contributed by atoms with E-state index in [0.717, 1.165) is 38.9 Å². The Hall–Kier alpha value is -1.63. The van der Waals surface area contributed by atoms with E-state index in [1.807, 2.05) is 4.90 Å². The lowest BCUT2D eigenvalue weighted by molar-refractivity contribution is 0.178. The van der Waals surface area contributed by atoms with Gasteiger partial charge in [-0.15, -0.1) is 0 Å². The normalized spacial score (nSPS) is 21.9. The van der Waals surface area contributed by atoms with Gasteiger partial charge in [-0.1, -0.05) is 0 Å². The number of anilines is 3. The van der Waals surface area contributed by atoms with Gasteiger partial charge >= 0.3 is 0 Å². The summed E-state index contributed by atoms with van der Waals surface area (Å²) in [6.45, 7) is 6.52. The van der Waals surface area contributed by atoms with Crippen LogP contribution in [0.3, 0.4) is 0 Å². The number of hydrogen-bond donors (Lipinski definition) is 3. The van der Waals surface area contributed by atoms with Gasteiger partial charge in [-0.05, 0) is 39.0 Å². The maximum absolute atomic E-state index is 9.53. The molecule has 1 aromatic rings. The maximum atomic E-state index is 9.53. The third-order valence-corrected chi connectivity index (χ3v) is 3.75. The Morgan fingerprint density at radius 1 is 1.25 bits per heavy atom. The van der Waals surface area contributed by atoms with Gasteiger partial charge in [0.2, 0.25) is 17.8 Å². The maximum Gasteiger partial charge on any atom is 0.231 e. The minimum atomic E-state index is -0.156. The molecule has 7 heteroatoms. The highest BCUT2D eigenvalue weighted by molar-refractivity contribution is 5.41. The average Bonchev–Trinajstić information content (AvgIpc) is 2.83. The van der Waals surface area contributed by atoms with Crippen molar-refractivity contribution in [2.24, 2.45) is 5.92 Å². The lowest BCUT2D eigenvalue weighted by Gasteiger charge is -2.19. The first kappa shape index (κ1) is 14.8. The van der Waals surface area contributed by atoms with Crippen molar-refractivity contribution in [2.45, 2.75) is 39.2 Å². The number of nitrogens with one attached hydrogen (secondary N) is 1. The average molecular weight is 280 g/mol. The Kier molecular flexibility index (Phi) is 4.94. The molecule has 0 spiro atoms.